The van der Waals surface area contributed by atoms with E-state index in [4.69, 9.17) is 0 Å². The van der Waals surface area contributed by atoms with Crippen molar-refractivity contribution in [2.75, 3.05) is 23.0 Å². The SMILES string of the molecule is O=C1c2ccc3ccc4ccc5c(c4c3c2C(=O)[C@@H]2CC3=C(C[C@H]12)CS(=O)(=O)C3)C(=O)[C@H]1CC2=C(C[C@H]1C5=O)CS(=O)(=O)C2. The lowest BCUT2D eigenvalue weighted by Crippen LogP contribution is -2.40. The fraction of sp³-hybridized carbons (Fsp3) is 0.353. The average Bonchev–Trinajstić information content (AvgIpc) is 3.46. The van der Waals surface area contributed by atoms with Gasteiger partial charge in [0.15, 0.2) is 42.8 Å². The monoisotopic (exact) mass is 626 g/mol. The molecule has 4 aliphatic carbocycles. The number of hydrogen-bond acceptors (Lipinski definition) is 8. The summed E-state index contributed by atoms with van der Waals surface area (Å²) < 4.78 is 49.6. The first-order chi connectivity index (χ1) is 20.9. The number of ketones is 4. The lowest BCUT2D eigenvalue weighted by molar-refractivity contribution is 0.0723. The predicted octanol–water partition coefficient (Wildman–Crippen LogP) is 4.25. The Labute approximate surface area is 253 Å². The minimum Gasteiger partial charge on any atom is -0.294 e. The van der Waals surface area contributed by atoms with Crippen LogP contribution in [0.5, 0.6) is 0 Å². The molecule has 3 aromatic carbocycles. The van der Waals surface area contributed by atoms with Crippen molar-refractivity contribution in [3.63, 3.8) is 0 Å². The number of rotatable bonds is 0. The zero-order valence-corrected chi connectivity index (χ0v) is 25.1. The van der Waals surface area contributed by atoms with Crippen LogP contribution in [0.15, 0.2) is 58.7 Å². The topological polar surface area (TPSA) is 137 Å². The van der Waals surface area contributed by atoms with E-state index in [1.54, 1.807) is 24.3 Å². The average molecular weight is 627 g/mol. The number of sulfone groups is 2. The van der Waals surface area contributed by atoms with Gasteiger partial charge in [0.2, 0.25) is 0 Å². The van der Waals surface area contributed by atoms with Crippen molar-refractivity contribution in [2.45, 2.75) is 25.7 Å². The summed E-state index contributed by atoms with van der Waals surface area (Å²) in [4.78, 5) is 56.7. The van der Waals surface area contributed by atoms with Crippen LogP contribution in [0.25, 0.3) is 21.5 Å². The van der Waals surface area contributed by atoms with E-state index >= 15 is 0 Å². The quantitative estimate of drug-likeness (QED) is 0.267. The van der Waals surface area contributed by atoms with E-state index in [0.717, 1.165) is 22.3 Å². The third-order valence-corrected chi connectivity index (χ3v) is 14.1. The van der Waals surface area contributed by atoms with Crippen LogP contribution in [0, 0.1) is 23.7 Å². The van der Waals surface area contributed by atoms with Crippen LogP contribution in [-0.2, 0) is 19.7 Å². The van der Waals surface area contributed by atoms with Crippen LogP contribution in [-0.4, -0.2) is 63.0 Å². The second kappa shape index (κ2) is 8.48. The molecule has 0 radical (unpaired) electrons. The van der Waals surface area contributed by atoms with Crippen molar-refractivity contribution < 1.29 is 36.0 Å². The van der Waals surface area contributed by atoms with Crippen molar-refractivity contribution in [3.05, 3.63) is 80.9 Å². The molecule has 0 spiro atoms. The molecule has 0 fully saturated rings. The molecule has 0 aromatic heterocycles. The smallest absolute Gasteiger partial charge is 0.168 e. The highest BCUT2D eigenvalue weighted by atomic mass is 32.2. The van der Waals surface area contributed by atoms with Crippen LogP contribution in [0.1, 0.15) is 67.1 Å². The normalized spacial score (nSPS) is 29.8. The second-order valence-corrected chi connectivity index (χ2v) is 17.5. The third-order valence-electron chi connectivity index (χ3n) is 11.0. The molecule has 2 heterocycles. The Hall–Kier alpha value is -3.76. The van der Waals surface area contributed by atoms with Gasteiger partial charge >= 0.3 is 0 Å². The van der Waals surface area contributed by atoms with Gasteiger partial charge in [-0.05, 0) is 36.5 Å². The molecule has 0 amide bonds. The molecular weight excluding hydrogens is 601 g/mol. The maximum atomic E-state index is 14.4. The van der Waals surface area contributed by atoms with Gasteiger partial charge in [0.05, 0.1) is 23.0 Å². The minimum atomic E-state index is -3.28. The van der Waals surface area contributed by atoms with Gasteiger partial charge in [0.25, 0.3) is 0 Å². The fourth-order valence-corrected chi connectivity index (χ4v) is 12.7. The summed E-state index contributed by atoms with van der Waals surface area (Å²) in [7, 11) is -6.57. The molecule has 6 aliphatic rings. The van der Waals surface area contributed by atoms with Crippen LogP contribution >= 0.6 is 0 Å². The first kappa shape index (κ1) is 26.6. The Balaban J connectivity index is 1.24. The largest absolute Gasteiger partial charge is 0.294 e. The molecule has 4 atom stereocenters. The number of carbonyl (C=O) groups excluding carboxylic acids is 4. The van der Waals surface area contributed by atoms with Crippen molar-refractivity contribution in [2.24, 2.45) is 23.7 Å². The predicted molar refractivity (Wildman–Crippen MR) is 163 cm³/mol. The number of benzene rings is 3. The molecule has 0 unspecified atom stereocenters. The van der Waals surface area contributed by atoms with Crippen LogP contribution in [0.3, 0.4) is 0 Å². The molecule has 3 aromatic rings. The molecule has 44 heavy (non-hydrogen) atoms. The summed E-state index contributed by atoms with van der Waals surface area (Å²) in [6.45, 7) is 0. The molecule has 0 N–H and O–H groups in total. The number of hydrogen-bond donors (Lipinski definition) is 0. The van der Waals surface area contributed by atoms with Crippen molar-refractivity contribution in [1.29, 1.82) is 0 Å². The maximum Gasteiger partial charge on any atom is 0.168 e. The molecule has 10 heteroatoms. The molecule has 2 aliphatic heterocycles. The van der Waals surface area contributed by atoms with Gasteiger partial charge in [-0.3, -0.25) is 19.2 Å². The molecular formula is C34H26O8S2. The first-order valence-corrected chi connectivity index (χ1v) is 18.5. The molecule has 0 saturated heterocycles. The van der Waals surface area contributed by atoms with Gasteiger partial charge in [-0.1, -0.05) is 58.7 Å². The van der Waals surface area contributed by atoms with E-state index in [-0.39, 0.29) is 94.1 Å². The van der Waals surface area contributed by atoms with E-state index in [9.17, 15) is 36.0 Å². The molecule has 9 rings (SSSR count). The Bertz CT molecular complexity index is 2140. The van der Waals surface area contributed by atoms with Crippen LogP contribution in [0.2, 0.25) is 0 Å². The Kier molecular flexibility index (Phi) is 5.13. The first-order valence-electron chi connectivity index (χ1n) is 14.9. The van der Waals surface area contributed by atoms with Gasteiger partial charge in [-0.25, -0.2) is 16.8 Å². The standard InChI is InChI=1S/C34H26O8S2/c35-31-21-5-3-15-1-2-16-4-6-22-30(34(38)26-10-20-14-44(41,42)12-18(20)8-24(26)32(22)36)28(16)27(15)29(21)33(37)25-9-19-13-43(39,40)11-17(19)7-23(25)31/h1-6,23-26H,7-14H2/t23-,24+,25+,26-. The molecule has 222 valence electrons. The van der Waals surface area contributed by atoms with Gasteiger partial charge in [-0.15, -0.1) is 0 Å². The van der Waals surface area contributed by atoms with E-state index in [2.05, 4.69) is 0 Å². The van der Waals surface area contributed by atoms with Crippen LogP contribution in [0.4, 0.5) is 0 Å². The zero-order valence-electron chi connectivity index (χ0n) is 23.5. The van der Waals surface area contributed by atoms with E-state index < -0.39 is 43.3 Å². The van der Waals surface area contributed by atoms with E-state index in [1.807, 2.05) is 12.1 Å². The van der Waals surface area contributed by atoms with E-state index in [1.165, 1.54) is 0 Å². The molecule has 0 bridgehead atoms. The summed E-state index contributed by atoms with van der Waals surface area (Å²) in [6, 6.07) is 10.5. The lowest BCUT2D eigenvalue weighted by atomic mass is 9.64. The highest BCUT2D eigenvalue weighted by Gasteiger charge is 2.50. The van der Waals surface area contributed by atoms with Gasteiger partial charge in [-0.2, -0.15) is 0 Å². The molecule has 0 saturated carbocycles. The van der Waals surface area contributed by atoms with Gasteiger partial charge in [0, 0.05) is 56.7 Å². The summed E-state index contributed by atoms with van der Waals surface area (Å²) in [5.74, 6) is -3.74. The number of carbonyl (C=O) groups is 4. The summed E-state index contributed by atoms with van der Waals surface area (Å²) in [6.07, 6.45) is 0.972. The Morgan fingerprint density at radius 2 is 0.727 bits per heavy atom. The minimum absolute atomic E-state index is 0.0585. The lowest BCUT2D eigenvalue weighted by Gasteiger charge is -2.36. The zero-order chi connectivity index (χ0) is 30.4. The van der Waals surface area contributed by atoms with Crippen molar-refractivity contribution in [3.8, 4) is 0 Å². The van der Waals surface area contributed by atoms with E-state index in [0.29, 0.717) is 21.5 Å². The summed E-state index contributed by atoms with van der Waals surface area (Å²) in [5, 5.41) is 2.29. The molecule has 8 nitrogen and oxygen atoms in total. The number of fused-ring (bicyclic) bond motifs is 9. The fourth-order valence-electron chi connectivity index (χ4n) is 9.04. The van der Waals surface area contributed by atoms with Gasteiger partial charge in [0.1, 0.15) is 0 Å². The third kappa shape index (κ3) is 3.49. The number of Topliss-reactive ketones (excluding diaryl/α,β-unsaturated/α-hetero) is 4. The van der Waals surface area contributed by atoms with Gasteiger partial charge < -0.3 is 0 Å². The van der Waals surface area contributed by atoms with Crippen molar-refractivity contribution >= 4 is 64.4 Å². The Morgan fingerprint density at radius 1 is 0.432 bits per heavy atom. The summed E-state index contributed by atoms with van der Waals surface area (Å²) >= 11 is 0. The maximum absolute atomic E-state index is 14.4. The summed E-state index contributed by atoms with van der Waals surface area (Å²) in [5.41, 5.74) is 4.04. The van der Waals surface area contributed by atoms with Crippen LogP contribution < -0.4 is 0 Å². The second-order valence-electron chi connectivity index (χ2n) is 13.4. The highest BCUT2D eigenvalue weighted by molar-refractivity contribution is 7.92. The Morgan fingerprint density at radius 3 is 1.07 bits per heavy atom. The highest BCUT2D eigenvalue weighted by Crippen LogP contribution is 2.50. The van der Waals surface area contributed by atoms with Crippen molar-refractivity contribution in [1.82, 2.24) is 0 Å².